The van der Waals surface area contributed by atoms with Gasteiger partial charge in [0.15, 0.2) is 5.79 Å². The Kier molecular flexibility index (Phi) is 4.37. The van der Waals surface area contributed by atoms with Crippen LogP contribution in [0.4, 0.5) is 4.79 Å². The molecule has 8 heteroatoms. The van der Waals surface area contributed by atoms with Crippen molar-refractivity contribution >= 4 is 17.8 Å². The van der Waals surface area contributed by atoms with Crippen LogP contribution in [0.1, 0.15) is 28.8 Å². The summed E-state index contributed by atoms with van der Waals surface area (Å²) in [6.07, 6.45) is 1.34. The first-order valence-corrected chi connectivity index (χ1v) is 8.81. The molecule has 0 radical (unpaired) electrons. The highest BCUT2D eigenvalue weighted by atomic mass is 16.7. The molecular weight excluding hydrogens is 338 g/mol. The van der Waals surface area contributed by atoms with E-state index in [0.29, 0.717) is 44.7 Å². The summed E-state index contributed by atoms with van der Waals surface area (Å²) in [6, 6.07) is 6.68. The molecule has 8 nitrogen and oxygen atoms in total. The van der Waals surface area contributed by atoms with E-state index in [4.69, 9.17) is 9.47 Å². The van der Waals surface area contributed by atoms with E-state index < -0.39 is 11.8 Å². The number of likely N-dealkylation sites (tertiary alicyclic amines) is 1. The second kappa shape index (κ2) is 6.69. The highest BCUT2D eigenvalue weighted by molar-refractivity contribution is 6.02. The van der Waals surface area contributed by atoms with Crippen molar-refractivity contribution in [3.05, 3.63) is 35.4 Å². The number of amides is 4. The number of hydrogen-bond acceptors (Lipinski definition) is 5. The lowest BCUT2D eigenvalue weighted by atomic mass is 10.0. The molecule has 3 aliphatic heterocycles. The van der Waals surface area contributed by atoms with Gasteiger partial charge in [-0.25, -0.2) is 4.79 Å². The quantitative estimate of drug-likeness (QED) is 0.804. The van der Waals surface area contributed by atoms with Crippen molar-refractivity contribution in [1.29, 1.82) is 0 Å². The lowest BCUT2D eigenvalue weighted by Crippen LogP contribution is -2.47. The Balaban J connectivity index is 1.42. The molecular formula is C18H21N3O5. The largest absolute Gasteiger partial charge is 0.347 e. The van der Waals surface area contributed by atoms with Crippen LogP contribution in [0.2, 0.25) is 0 Å². The van der Waals surface area contributed by atoms with Gasteiger partial charge in [0.25, 0.3) is 5.91 Å². The predicted octanol–water partition coefficient (Wildman–Crippen LogP) is 0.717. The van der Waals surface area contributed by atoms with Crippen molar-refractivity contribution < 1.29 is 23.9 Å². The van der Waals surface area contributed by atoms with Crippen molar-refractivity contribution in [2.45, 2.75) is 25.2 Å². The summed E-state index contributed by atoms with van der Waals surface area (Å²) >= 11 is 0. The molecule has 0 unspecified atom stereocenters. The Morgan fingerprint density at radius 1 is 1.15 bits per heavy atom. The van der Waals surface area contributed by atoms with Crippen LogP contribution in [-0.4, -0.2) is 66.3 Å². The Hall–Kier alpha value is -2.45. The lowest BCUT2D eigenvalue weighted by Gasteiger charge is -2.37. The number of piperidine rings is 1. The summed E-state index contributed by atoms with van der Waals surface area (Å²) in [5.41, 5.74) is 1.30. The summed E-state index contributed by atoms with van der Waals surface area (Å²) in [6.45, 7) is 2.57. The van der Waals surface area contributed by atoms with E-state index in [1.54, 1.807) is 29.2 Å². The minimum atomic E-state index is -0.512. The van der Waals surface area contributed by atoms with Gasteiger partial charge >= 0.3 is 6.03 Å². The van der Waals surface area contributed by atoms with Gasteiger partial charge in [-0.2, -0.15) is 0 Å². The average molecular weight is 359 g/mol. The first-order valence-electron chi connectivity index (χ1n) is 8.81. The molecule has 4 rings (SSSR count). The smallest absolute Gasteiger partial charge is 0.324 e. The normalized spacial score (nSPS) is 22.2. The van der Waals surface area contributed by atoms with E-state index in [0.717, 1.165) is 10.5 Å². The second-order valence-corrected chi connectivity index (χ2v) is 6.74. The zero-order valence-electron chi connectivity index (χ0n) is 14.4. The number of carbonyl (C=O) groups is 3. The van der Waals surface area contributed by atoms with Crippen LogP contribution in [-0.2, 0) is 20.8 Å². The van der Waals surface area contributed by atoms with E-state index in [1.165, 1.54) is 0 Å². The minimum Gasteiger partial charge on any atom is -0.347 e. The van der Waals surface area contributed by atoms with E-state index >= 15 is 0 Å². The van der Waals surface area contributed by atoms with Gasteiger partial charge in [0.2, 0.25) is 5.91 Å². The monoisotopic (exact) mass is 359 g/mol. The van der Waals surface area contributed by atoms with Crippen LogP contribution >= 0.6 is 0 Å². The molecule has 0 aliphatic carbocycles. The molecule has 138 valence electrons. The number of imide groups is 1. The fourth-order valence-electron chi connectivity index (χ4n) is 3.62. The van der Waals surface area contributed by atoms with Gasteiger partial charge in [0.05, 0.1) is 26.3 Å². The zero-order valence-corrected chi connectivity index (χ0v) is 14.4. The van der Waals surface area contributed by atoms with Gasteiger partial charge in [-0.1, -0.05) is 12.1 Å². The third-order valence-electron chi connectivity index (χ3n) is 5.08. The number of nitrogens with zero attached hydrogens (tertiary/aromatic N) is 2. The summed E-state index contributed by atoms with van der Waals surface area (Å²) in [5, 5.41) is 2.49. The van der Waals surface area contributed by atoms with E-state index in [9.17, 15) is 14.4 Å². The third-order valence-corrected chi connectivity index (χ3v) is 5.08. The standard InChI is InChI=1S/C18H21N3O5/c22-15-11-19-17(24)21(15)12-13-2-1-3-14(10-13)16(23)20-6-4-18(5-7-20)25-8-9-26-18/h1-3,10H,4-9,11-12H2,(H,19,24). The van der Waals surface area contributed by atoms with E-state index in [1.807, 2.05) is 0 Å². The lowest BCUT2D eigenvalue weighted by molar-refractivity contribution is -0.181. The molecule has 26 heavy (non-hydrogen) atoms. The number of carbonyl (C=O) groups excluding carboxylic acids is 3. The maximum atomic E-state index is 12.8. The van der Waals surface area contributed by atoms with Crippen LogP contribution < -0.4 is 5.32 Å². The molecule has 0 saturated carbocycles. The molecule has 1 aromatic carbocycles. The van der Waals surface area contributed by atoms with Gasteiger partial charge < -0.3 is 19.7 Å². The van der Waals surface area contributed by atoms with Crippen LogP contribution in [0, 0.1) is 0 Å². The van der Waals surface area contributed by atoms with Gasteiger partial charge in [-0.15, -0.1) is 0 Å². The number of ether oxygens (including phenoxy) is 2. The number of nitrogens with one attached hydrogen (secondary N) is 1. The Labute approximate surface area is 151 Å². The molecule has 3 saturated heterocycles. The van der Waals surface area contributed by atoms with Gasteiger partial charge in [-0.05, 0) is 17.7 Å². The SMILES string of the molecule is O=C(c1cccc(CN2C(=O)CNC2=O)c1)N1CCC2(CC1)OCCO2. The first kappa shape index (κ1) is 17.0. The van der Waals surface area contributed by atoms with Crippen LogP contribution in [0.15, 0.2) is 24.3 Å². The summed E-state index contributed by atoms with van der Waals surface area (Å²) in [7, 11) is 0. The molecule has 3 heterocycles. The van der Waals surface area contributed by atoms with E-state index in [-0.39, 0.29) is 24.9 Å². The molecule has 4 amide bonds. The summed E-state index contributed by atoms with van der Waals surface area (Å²) in [4.78, 5) is 39.2. The molecule has 0 aromatic heterocycles. The number of urea groups is 1. The fourth-order valence-corrected chi connectivity index (χ4v) is 3.62. The topological polar surface area (TPSA) is 88.2 Å². The highest BCUT2D eigenvalue weighted by Gasteiger charge is 2.40. The maximum Gasteiger partial charge on any atom is 0.324 e. The molecule has 3 aliphatic rings. The highest BCUT2D eigenvalue weighted by Crippen LogP contribution is 2.31. The van der Waals surface area contributed by atoms with Crippen molar-refractivity contribution in [1.82, 2.24) is 15.1 Å². The summed E-state index contributed by atoms with van der Waals surface area (Å²) in [5.74, 6) is -0.830. The average Bonchev–Trinajstić information content (AvgIpc) is 3.24. The van der Waals surface area contributed by atoms with Gasteiger partial charge in [0, 0.05) is 31.5 Å². The minimum absolute atomic E-state index is 0.0249. The maximum absolute atomic E-state index is 12.8. The Morgan fingerprint density at radius 3 is 2.54 bits per heavy atom. The van der Waals surface area contributed by atoms with E-state index in [2.05, 4.69) is 5.32 Å². The van der Waals surface area contributed by atoms with Crippen molar-refractivity contribution in [2.24, 2.45) is 0 Å². The van der Waals surface area contributed by atoms with Gasteiger partial charge in [0.1, 0.15) is 0 Å². The second-order valence-electron chi connectivity index (χ2n) is 6.74. The summed E-state index contributed by atoms with van der Waals surface area (Å²) < 4.78 is 11.4. The Morgan fingerprint density at radius 2 is 1.88 bits per heavy atom. The van der Waals surface area contributed by atoms with Crippen LogP contribution in [0.5, 0.6) is 0 Å². The fraction of sp³-hybridized carbons (Fsp3) is 0.500. The number of hydrogen-bond donors (Lipinski definition) is 1. The van der Waals surface area contributed by atoms with Gasteiger partial charge in [-0.3, -0.25) is 14.5 Å². The molecule has 1 aromatic rings. The molecule has 0 atom stereocenters. The molecule has 1 N–H and O–H groups in total. The van der Waals surface area contributed by atoms with Crippen molar-refractivity contribution in [3.63, 3.8) is 0 Å². The van der Waals surface area contributed by atoms with Crippen LogP contribution in [0.25, 0.3) is 0 Å². The van der Waals surface area contributed by atoms with Crippen LogP contribution in [0.3, 0.4) is 0 Å². The predicted molar refractivity (Wildman–Crippen MR) is 90.2 cm³/mol. The number of benzene rings is 1. The third kappa shape index (κ3) is 3.17. The number of rotatable bonds is 3. The molecule has 1 spiro atoms. The first-order chi connectivity index (χ1) is 12.6. The van der Waals surface area contributed by atoms with Crippen molar-refractivity contribution in [2.75, 3.05) is 32.8 Å². The molecule has 3 fully saturated rings. The molecule has 0 bridgehead atoms. The zero-order chi connectivity index (χ0) is 18.1. The Bertz CT molecular complexity index is 718. The van der Waals surface area contributed by atoms with Crippen molar-refractivity contribution in [3.8, 4) is 0 Å².